The van der Waals surface area contributed by atoms with Crippen LogP contribution in [0.2, 0.25) is 0 Å². The first-order chi connectivity index (χ1) is 9.13. The van der Waals surface area contributed by atoms with Crippen molar-refractivity contribution < 1.29 is 14.3 Å². The Labute approximate surface area is 112 Å². The van der Waals surface area contributed by atoms with E-state index in [4.69, 9.17) is 5.11 Å². The van der Waals surface area contributed by atoms with Gasteiger partial charge in [-0.15, -0.1) is 11.3 Å². The lowest BCUT2D eigenvalue weighted by Gasteiger charge is -1.97. The molecule has 0 fully saturated rings. The molecule has 2 heterocycles. The van der Waals surface area contributed by atoms with Gasteiger partial charge in [0.1, 0.15) is 5.82 Å². The van der Waals surface area contributed by atoms with Gasteiger partial charge in [0.25, 0.3) is 0 Å². The minimum atomic E-state index is -0.990. The molecule has 94 valence electrons. The van der Waals surface area contributed by atoms with E-state index in [0.29, 0.717) is 5.69 Å². The first-order valence-corrected chi connectivity index (χ1v) is 6.34. The zero-order valence-electron chi connectivity index (χ0n) is 9.63. The van der Waals surface area contributed by atoms with E-state index in [1.807, 2.05) is 6.07 Å². The molecule has 0 saturated carbocycles. The summed E-state index contributed by atoms with van der Waals surface area (Å²) in [6.45, 7) is 0. The Bertz CT molecular complexity index is 782. The second kappa shape index (κ2) is 4.44. The number of carboxylic acid groups (broad SMARTS) is 1. The fourth-order valence-electron chi connectivity index (χ4n) is 1.83. The SMILES string of the molecule is O=C(O)c1ccnc(-c2cc3ccc(F)cc3s2)c1. The van der Waals surface area contributed by atoms with Gasteiger partial charge in [0.05, 0.1) is 16.1 Å². The van der Waals surface area contributed by atoms with E-state index in [0.717, 1.165) is 15.0 Å². The van der Waals surface area contributed by atoms with Crippen LogP contribution in [0.25, 0.3) is 20.7 Å². The number of carboxylic acids is 1. The number of hydrogen-bond acceptors (Lipinski definition) is 3. The normalized spacial score (nSPS) is 10.8. The molecule has 19 heavy (non-hydrogen) atoms. The van der Waals surface area contributed by atoms with Crippen molar-refractivity contribution in [1.82, 2.24) is 4.98 Å². The van der Waals surface area contributed by atoms with E-state index in [9.17, 15) is 9.18 Å². The minimum Gasteiger partial charge on any atom is -0.478 e. The van der Waals surface area contributed by atoms with E-state index in [2.05, 4.69) is 4.98 Å². The number of hydrogen-bond donors (Lipinski definition) is 1. The summed E-state index contributed by atoms with van der Waals surface area (Å²) >= 11 is 1.39. The molecular weight excluding hydrogens is 265 g/mol. The lowest BCUT2D eigenvalue weighted by molar-refractivity contribution is 0.0697. The smallest absolute Gasteiger partial charge is 0.335 e. The molecule has 0 amide bonds. The van der Waals surface area contributed by atoms with Crippen molar-refractivity contribution in [2.24, 2.45) is 0 Å². The highest BCUT2D eigenvalue weighted by molar-refractivity contribution is 7.22. The van der Waals surface area contributed by atoms with Crippen LogP contribution in [0.15, 0.2) is 42.6 Å². The van der Waals surface area contributed by atoms with E-state index in [1.165, 1.54) is 41.8 Å². The molecule has 1 aromatic carbocycles. The first-order valence-electron chi connectivity index (χ1n) is 5.52. The summed E-state index contributed by atoms with van der Waals surface area (Å²) < 4.78 is 13.9. The van der Waals surface area contributed by atoms with Gasteiger partial charge in [-0.3, -0.25) is 4.98 Å². The molecule has 0 unspecified atom stereocenters. The number of nitrogens with zero attached hydrogens (tertiary/aromatic N) is 1. The summed E-state index contributed by atoms with van der Waals surface area (Å²) in [6, 6.07) is 9.41. The highest BCUT2D eigenvalue weighted by Crippen LogP contribution is 2.33. The third-order valence-corrected chi connectivity index (χ3v) is 3.86. The average Bonchev–Trinajstić information content (AvgIpc) is 2.81. The number of fused-ring (bicyclic) bond motifs is 1. The lowest BCUT2D eigenvalue weighted by Crippen LogP contribution is -1.96. The summed E-state index contributed by atoms with van der Waals surface area (Å²) in [5, 5.41) is 9.88. The van der Waals surface area contributed by atoms with Crippen LogP contribution in [0.1, 0.15) is 10.4 Å². The molecule has 0 bridgehead atoms. The molecule has 0 aliphatic rings. The first kappa shape index (κ1) is 11.8. The second-order valence-corrected chi connectivity index (χ2v) is 5.11. The third-order valence-electron chi connectivity index (χ3n) is 2.74. The van der Waals surface area contributed by atoms with Crippen LogP contribution in [0, 0.1) is 5.82 Å². The van der Waals surface area contributed by atoms with Crippen LogP contribution in [0.4, 0.5) is 4.39 Å². The summed E-state index contributed by atoms with van der Waals surface area (Å²) in [5.41, 5.74) is 0.773. The molecule has 0 saturated heterocycles. The van der Waals surface area contributed by atoms with Crippen LogP contribution in [0.5, 0.6) is 0 Å². The van der Waals surface area contributed by atoms with E-state index >= 15 is 0 Å². The van der Waals surface area contributed by atoms with Gasteiger partial charge < -0.3 is 5.11 Å². The van der Waals surface area contributed by atoms with E-state index < -0.39 is 5.97 Å². The van der Waals surface area contributed by atoms with Gasteiger partial charge in [-0.1, -0.05) is 6.07 Å². The Kier molecular flexibility index (Phi) is 2.76. The molecule has 0 atom stereocenters. The molecule has 3 aromatic rings. The lowest BCUT2D eigenvalue weighted by atomic mass is 10.2. The van der Waals surface area contributed by atoms with Crippen LogP contribution in [-0.4, -0.2) is 16.1 Å². The van der Waals surface area contributed by atoms with Gasteiger partial charge in [-0.2, -0.15) is 0 Å². The predicted molar refractivity (Wildman–Crippen MR) is 72.0 cm³/mol. The maximum absolute atomic E-state index is 13.1. The average molecular weight is 273 g/mol. The number of benzene rings is 1. The van der Waals surface area contributed by atoms with Crippen molar-refractivity contribution in [1.29, 1.82) is 0 Å². The molecule has 1 N–H and O–H groups in total. The van der Waals surface area contributed by atoms with Crippen LogP contribution in [0.3, 0.4) is 0 Å². The number of pyridine rings is 1. The maximum atomic E-state index is 13.1. The number of aromatic carboxylic acids is 1. The summed E-state index contributed by atoms with van der Waals surface area (Å²) in [6.07, 6.45) is 1.46. The topological polar surface area (TPSA) is 50.2 Å². The fraction of sp³-hybridized carbons (Fsp3) is 0. The maximum Gasteiger partial charge on any atom is 0.335 e. The van der Waals surface area contributed by atoms with Crippen molar-refractivity contribution >= 4 is 27.4 Å². The molecule has 2 aromatic heterocycles. The standard InChI is InChI=1S/C14H8FNO2S/c15-10-2-1-8-6-13(19-12(8)7-10)11-5-9(14(17)18)3-4-16-11/h1-7H,(H,17,18). The van der Waals surface area contributed by atoms with Gasteiger partial charge in [-0.25, -0.2) is 9.18 Å². The van der Waals surface area contributed by atoms with Crippen LogP contribution < -0.4 is 0 Å². The summed E-state index contributed by atoms with van der Waals surface area (Å²) in [4.78, 5) is 15.9. The quantitative estimate of drug-likeness (QED) is 0.772. The van der Waals surface area contributed by atoms with Crippen molar-refractivity contribution in [2.75, 3.05) is 0 Å². The number of carbonyl (C=O) groups is 1. The van der Waals surface area contributed by atoms with Crippen LogP contribution in [-0.2, 0) is 0 Å². The van der Waals surface area contributed by atoms with Crippen LogP contribution >= 0.6 is 11.3 Å². The highest BCUT2D eigenvalue weighted by Gasteiger charge is 2.09. The molecular formula is C14H8FNO2S. The largest absolute Gasteiger partial charge is 0.478 e. The molecule has 0 aliphatic heterocycles. The highest BCUT2D eigenvalue weighted by atomic mass is 32.1. The molecule has 0 spiro atoms. The molecule has 0 radical (unpaired) electrons. The zero-order valence-corrected chi connectivity index (χ0v) is 10.4. The minimum absolute atomic E-state index is 0.189. The molecule has 0 aliphatic carbocycles. The van der Waals surface area contributed by atoms with Crippen molar-refractivity contribution in [3.8, 4) is 10.6 Å². The van der Waals surface area contributed by atoms with E-state index in [1.54, 1.807) is 6.07 Å². The zero-order chi connectivity index (χ0) is 13.4. The Morgan fingerprint density at radius 1 is 1.21 bits per heavy atom. The summed E-state index contributed by atoms with van der Waals surface area (Å²) in [7, 11) is 0. The van der Waals surface area contributed by atoms with Crippen molar-refractivity contribution in [2.45, 2.75) is 0 Å². The summed E-state index contributed by atoms with van der Waals surface area (Å²) in [5.74, 6) is -1.27. The van der Waals surface area contributed by atoms with E-state index in [-0.39, 0.29) is 11.4 Å². The molecule has 3 nitrogen and oxygen atoms in total. The Balaban J connectivity index is 2.13. The van der Waals surface area contributed by atoms with Crippen molar-refractivity contribution in [3.05, 3.63) is 54.0 Å². The van der Waals surface area contributed by atoms with Gasteiger partial charge in [0, 0.05) is 10.9 Å². The number of thiophene rings is 1. The van der Waals surface area contributed by atoms with Crippen molar-refractivity contribution in [3.63, 3.8) is 0 Å². The third kappa shape index (κ3) is 2.20. The monoisotopic (exact) mass is 273 g/mol. The van der Waals surface area contributed by atoms with Gasteiger partial charge >= 0.3 is 5.97 Å². The van der Waals surface area contributed by atoms with Gasteiger partial charge in [0.2, 0.25) is 0 Å². The second-order valence-electron chi connectivity index (χ2n) is 4.03. The predicted octanol–water partition coefficient (Wildman–Crippen LogP) is 3.80. The Morgan fingerprint density at radius 3 is 2.84 bits per heavy atom. The van der Waals surface area contributed by atoms with Gasteiger partial charge in [0.15, 0.2) is 0 Å². The number of rotatable bonds is 2. The number of aromatic nitrogens is 1. The Morgan fingerprint density at radius 2 is 2.05 bits per heavy atom. The molecule has 5 heteroatoms. The Hall–Kier alpha value is -2.27. The fourth-order valence-corrected chi connectivity index (χ4v) is 2.88. The van der Waals surface area contributed by atoms with Gasteiger partial charge in [-0.05, 0) is 35.7 Å². The number of halogens is 1. The molecule has 3 rings (SSSR count).